The van der Waals surface area contributed by atoms with Crippen LogP contribution in [0.4, 0.5) is 5.13 Å². The molecule has 1 saturated heterocycles. The second kappa shape index (κ2) is 6.02. The number of amides is 1. The maximum absolute atomic E-state index is 12.6. The van der Waals surface area contributed by atoms with Gasteiger partial charge in [-0.25, -0.2) is 4.98 Å². The summed E-state index contributed by atoms with van der Waals surface area (Å²) < 4.78 is 0. The van der Waals surface area contributed by atoms with Crippen molar-refractivity contribution in [2.45, 2.75) is 45.1 Å². The van der Waals surface area contributed by atoms with Crippen molar-refractivity contribution in [2.24, 2.45) is 0 Å². The van der Waals surface area contributed by atoms with Crippen molar-refractivity contribution in [3.8, 4) is 0 Å². The zero-order valence-electron chi connectivity index (χ0n) is 12.9. The van der Waals surface area contributed by atoms with Gasteiger partial charge in [-0.15, -0.1) is 11.3 Å². The average Bonchev–Trinajstić information content (AvgIpc) is 2.90. The van der Waals surface area contributed by atoms with Crippen LogP contribution in [0.3, 0.4) is 0 Å². The number of rotatable bonds is 3. The summed E-state index contributed by atoms with van der Waals surface area (Å²) in [5.74, 6) is 0.0514. The Hall–Kier alpha value is -0.980. The van der Waals surface area contributed by atoms with E-state index < -0.39 is 5.54 Å². The molecule has 116 valence electrons. The Labute approximate surface area is 130 Å². The molecule has 0 aromatic carbocycles. The van der Waals surface area contributed by atoms with Crippen molar-refractivity contribution in [3.63, 3.8) is 0 Å². The van der Waals surface area contributed by atoms with Crippen LogP contribution in [-0.4, -0.2) is 47.5 Å². The van der Waals surface area contributed by atoms with Gasteiger partial charge in [0.25, 0.3) is 0 Å². The molecule has 0 bridgehead atoms. The molecule has 6 heteroatoms. The Kier molecular flexibility index (Phi) is 4.28. The molecule has 0 atom stereocenters. The third-order valence-corrected chi connectivity index (χ3v) is 5.60. The Balaban J connectivity index is 1.68. The predicted molar refractivity (Wildman–Crippen MR) is 85.9 cm³/mol. The molecule has 1 fully saturated rings. The molecule has 1 aliphatic heterocycles. The van der Waals surface area contributed by atoms with E-state index in [2.05, 4.69) is 20.5 Å². The van der Waals surface area contributed by atoms with Crippen LogP contribution in [0.25, 0.3) is 0 Å². The monoisotopic (exact) mass is 308 g/mol. The maximum atomic E-state index is 12.6. The van der Waals surface area contributed by atoms with E-state index in [1.807, 2.05) is 13.8 Å². The van der Waals surface area contributed by atoms with Gasteiger partial charge in [0.05, 0.1) is 11.2 Å². The molecular formula is C15H24N4OS. The number of fused-ring (bicyclic) bond motifs is 1. The van der Waals surface area contributed by atoms with Gasteiger partial charge in [-0.3, -0.25) is 9.69 Å². The highest BCUT2D eigenvalue weighted by atomic mass is 32.1. The zero-order chi connectivity index (χ0) is 14.9. The van der Waals surface area contributed by atoms with Crippen LogP contribution in [0.5, 0.6) is 0 Å². The van der Waals surface area contributed by atoms with Crippen LogP contribution in [0.2, 0.25) is 0 Å². The minimum absolute atomic E-state index is 0.0514. The van der Waals surface area contributed by atoms with E-state index in [9.17, 15) is 4.79 Å². The molecule has 2 N–H and O–H groups in total. The molecule has 5 nitrogen and oxygen atoms in total. The predicted octanol–water partition coefficient (Wildman–Crippen LogP) is 1.64. The first-order valence-electron chi connectivity index (χ1n) is 7.83. The van der Waals surface area contributed by atoms with Gasteiger partial charge in [0.1, 0.15) is 0 Å². The van der Waals surface area contributed by atoms with Crippen LogP contribution in [-0.2, 0) is 17.6 Å². The normalized spacial score (nSPS) is 20.1. The number of carbonyl (C=O) groups excluding carboxylic acids is 1. The van der Waals surface area contributed by atoms with E-state index in [4.69, 9.17) is 0 Å². The first kappa shape index (κ1) is 14.9. The van der Waals surface area contributed by atoms with Crippen LogP contribution in [0.15, 0.2) is 0 Å². The minimum Gasteiger partial charge on any atom is -0.314 e. The molecule has 1 aromatic rings. The first-order valence-corrected chi connectivity index (χ1v) is 8.65. The topological polar surface area (TPSA) is 57.3 Å². The summed E-state index contributed by atoms with van der Waals surface area (Å²) in [6.07, 6.45) is 4.64. The van der Waals surface area contributed by atoms with Gasteiger partial charge in [0.15, 0.2) is 5.13 Å². The fourth-order valence-electron chi connectivity index (χ4n) is 3.02. The van der Waals surface area contributed by atoms with Crippen LogP contribution >= 0.6 is 11.3 Å². The first-order chi connectivity index (χ1) is 10.1. The fraction of sp³-hybridized carbons (Fsp3) is 0.733. The fourth-order valence-corrected chi connectivity index (χ4v) is 4.07. The molecule has 2 aliphatic rings. The number of aryl methyl sites for hydroxylation is 2. The number of anilines is 1. The summed E-state index contributed by atoms with van der Waals surface area (Å²) in [5.41, 5.74) is 0.704. The summed E-state index contributed by atoms with van der Waals surface area (Å²) >= 11 is 1.65. The lowest BCUT2D eigenvalue weighted by atomic mass is 10.0. The van der Waals surface area contributed by atoms with Gasteiger partial charge in [-0.1, -0.05) is 0 Å². The molecule has 0 radical (unpaired) electrons. The van der Waals surface area contributed by atoms with Crippen LogP contribution in [0, 0.1) is 0 Å². The lowest BCUT2D eigenvalue weighted by Crippen LogP contribution is -2.58. The number of thiazole rings is 1. The quantitative estimate of drug-likeness (QED) is 0.891. The van der Waals surface area contributed by atoms with Crippen molar-refractivity contribution in [1.29, 1.82) is 0 Å². The van der Waals surface area contributed by atoms with Crippen molar-refractivity contribution in [3.05, 3.63) is 10.6 Å². The number of nitrogens with zero attached hydrogens (tertiary/aromatic N) is 2. The van der Waals surface area contributed by atoms with Crippen LogP contribution in [0.1, 0.15) is 37.3 Å². The molecule has 0 unspecified atom stereocenters. The smallest absolute Gasteiger partial charge is 0.246 e. The summed E-state index contributed by atoms with van der Waals surface area (Å²) in [6, 6.07) is 0. The van der Waals surface area contributed by atoms with Crippen LogP contribution < -0.4 is 10.6 Å². The maximum Gasteiger partial charge on any atom is 0.246 e. The molecule has 0 saturated carbocycles. The Morgan fingerprint density at radius 3 is 2.71 bits per heavy atom. The Morgan fingerprint density at radius 1 is 1.29 bits per heavy atom. The SMILES string of the molecule is CC(C)(C(=O)Nc1nc2c(s1)CCCC2)N1CCNCC1. The summed E-state index contributed by atoms with van der Waals surface area (Å²) in [7, 11) is 0. The average molecular weight is 308 g/mol. The van der Waals surface area contributed by atoms with Crippen molar-refractivity contribution in [2.75, 3.05) is 31.5 Å². The highest BCUT2D eigenvalue weighted by molar-refractivity contribution is 7.15. The van der Waals surface area contributed by atoms with Gasteiger partial charge >= 0.3 is 0 Å². The van der Waals surface area contributed by atoms with Gasteiger partial charge < -0.3 is 10.6 Å². The number of aromatic nitrogens is 1. The molecule has 1 aliphatic carbocycles. The van der Waals surface area contributed by atoms with E-state index in [1.54, 1.807) is 11.3 Å². The second-order valence-electron chi connectivity index (χ2n) is 6.35. The van der Waals surface area contributed by atoms with Crippen molar-refractivity contribution < 1.29 is 4.79 Å². The highest BCUT2D eigenvalue weighted by Crippen LogP contribution is 2.30. The number of hydrogen-bond acceptors (Lipinski definition) is 5. The molecule has 1 aromatic heterocycles. The van der Waals surface area contributed by atoms with E-state index >= 15 is 0 Å². The number of carbonyl (C=O) groups is 1. The summed E-state index contributed by atoms with van der Waals surface area (Å²) in [4.78, 5) is 20.8. The van der Waals surface area contributed by atoms with Crippen molar-refractivity contribution >= 4 is 22.4 Å². The summed E-state index contributed by atoms with van der Waals surface area (Å²) in [5, 5.41) is 7.14. The molecule has 3 rings (SSSR count). The largest absolute Gasteiger partial charge is 0.314 e. The summed E-state index contributed by atoms with van der Waals surface area (Å²) in [6.45, 7) is 7.72. The number of piperazine rings is 1. The lowest BCUT2D eigenvalue weighted by molar-refractivity contribution is -0.126. The Bertz CT molecular complexity index is 496. The van der Waals surface area contributed by atoms with Crippen molar-refractivity contribution in [1.82, 2.24) is 15.2 Å². The second-order valence-corrected chi connectivity index (χ2v) is 7.43. The van der Waals surface area contributed by atoms with Gasteiger partial charge in [0, 0.05) is 31.1 Å². The standard InChI is InChI=1S/C15H24N4OS/c1-15(2,19-9-7-16-8-10-19)13(20)18-14-17-11-5-3-4-6-12(11)21-14/h16H,3-10H2,1-2H3,(H,17,18,20). The van der Waals surface area contributed by atoms with E-state index in [1.165, 1.54) is 23.4 Å². The van der Waals surface area contributed by atoms with E-state index in [0.717, 1.165) is 44.2 Å². The molecule has 1 amide bonds. The molecule has 21 heavy (non-hydrogen) atoms. The number of nitrogens with one attached hydrogen (secondary N) is 2. The Morgan fingerprint density at radius 2 is 2.00 bits per heavy atom. The molecular weight excluding hydrogens is 284 g/mol. The molecule has 2 heterocycles. The van der Waals surface area contributed by atoms with Gasteiger partial charge in [-0.05, 0) is 39.5 Å². The highest BCUT2D eigenvalue weighted by Gasteiger charge is 2.35. The minimum atomic E-state index is -0.492. The van der Waals surface area contributed by atoms with Gasteiger partial charge in [-0.2, -0.15) is 0 Å². The van der Waals surface area contributed by atoms with E-state index in [0.29, 0.717) is 0 Å². The third-order valence-electron chi connectivity index (χ3n) is 4.53. The number of hydrogen-bond donors (Lipinski definition) is 2. The van der Waals surface area contributed by atoms with Gasteiger partial charge in [0.2, 0.25) is 5.91 Å². The lowest BCUT2D eigenvalue weighted by Gasteiger charge is -2.39. The third kappa shape index (κ3) is 3.12. The van der Waals surface area contributed by atoms with E-state index in [-0.39, 0.29) is 5.91 Å². The molecule has 0 spiro atoms. The zero-order valence-corrected chi connectivity index (χ0v) is 13.7.